The largest absolute Gasteiger partial charge is 0.457 e. The fourth-order valence-electron chi connectivity index (χ4n) is 6.03. The molecule has 1 unspecified atom stereocenters. The third kappa shape index (κ3) is 6.96. The SMILES string of the molecule is Clc1ccc(Oc2ccc(C3=Cc4ccc5c(c4CC3)CCc3ccccc3-5)cc2)cc1.O=C(CC1C=CC=CS1(=O)=O)NO. The molecule has 2 aliphatic carbocycles. The van der Waals surface area contributed by atoms with Gasteiger partial charge in [-0.25, -0.2) is 13.9 Å². The molecule has 45 heavy (non-hydrogen) atoms. The monoisotopic (exact) mass is 637 g/mol. The second-order valence-electron chi connectivity index (χ2n) is 11.1. The summed E-state index contributed by atoms with van der Waals surface area (Å²) in [6, 6.07) is 29.4. The first-order valence-electron chi connectivity index (χ1n) is 14.8. The first kappa shape index (κ1) is 30.6. The maximum Gasteiger partial charge on any atom is 0.244 e. The molecule has 4 aromatic carbocycles. The predicted molar refractivity (Wildman–Crippen MR) is 179 cm³/mol. The Morgan fingerprint density at radius 2 is 1.53 bits per heavy atom. The summed E-state index contributed by atoms with van der Waals surface area (Å²) < 4.78 is 28.4. The quantitative estimate of drug-likeness (QED) is 0.170. The van der Waals surface area contributed by atoms with Crippen molar-refractivity contribution in [3.8, 4) is 22.6 Å². The van der Waals surface area contributed by atoms with Crippen LogP contribution in [0.4, 0.5) is 0 Å². The van der Waals surface area contributed by atoms with Crippen molar-refractivity contribution in [1.82, 2.24) is 5.48 Å². The van der Waals surface area contributed by atoms with Crippen molar-refractivity contribution in [2.45, 2.75) is 37.4 Å². The zero-order valence-corrected chi connectivity index (χ0v) is 26.0. The molecule has 6 nitrogen and oxygen atoms in total. The number of hydroxylamine groups is 1. The Morgan fingerprint density at radius 3 is 2.27 bits per heavy atom. The first-order valence-corrected chi connectivity index (χ1v) is 16.8. The van der Waals surface area contributed by atoms with E-state index < -0.39 is 21.0 Å². The van der Waals surface area contributed by atoms with Crippen molar-refractivity contribution in [3.63, 3.8) is 0 Å². The minimum Gasteiger partial charge on any atom is -0.457 e. The van der Waals surface area contributed by atoms with Gasteiger partial charge in [0.1, 0.15) is 11.5 Å². The molecule has 7 rings (SSSR count). The second-order valence-corrected chi connectivity index (χ2v) is 13.6. The van der Waals surface area contributed by atoms with Crippen LogP contribution in [0.5, 0.6) is 11.5 Å². The number of fused-ring (bicyclic) bond motifs is 5. The number of carbonyl (C=O) groups excluding carboxylic acids is 1. The van der Waals surface area contributed by atoms with Gasteiger partial charge in [-0.05, 0) is 107 Å². The lowest BCUT2D eigenvalue weighted by Gasteiger charge is -2.26. The number of hydrogen-bond donors (Lipinski definition) is 2. The molecule has 4 aromatic rings. The van der Waals surface area contributed by atoms with Crippen LogP contribution in [-0.2, 0) is 33.9 Å². The van der Waals surface area contributed by atoms with Crippen LogP contribution in [0.1, 0.15) is 40.7 Å². The summed E-state index contributed by atoms with van der Waals surface area (Å²) in [6.45, 7) is 0. The van der Waals surface area contributed by atoms with Gasteiger partial charge >= 0.3 is 0 Å². The molecular formula is C37H32ClNO5S. The molecule has 1 amide bonds. The number of sulfone groups is 1. The molecule has 0 radical (unpaired) electrons. The second kappa shape index (κ2) is 13.3. The van der Waals surface area contributed by atoms with Crippen molar-refractivity contribution < 1.29 is 23.2 Å². The lowest BCUT2D eigenvalue weighted by atomic mass is 9.78. The van der Waals surface area contributed by atoms with Crippen molar-refractivity contribution in [3.05, 3.63) is 141 Å². The van der Waals surface area contributed by atoms with Crippen molar-refractivity contribution in [2.75, 3.05) is 0 Å². The van der Waals surface area contributed by atoms with E-state index >= 15 is 0 Å². The van der Waals surface area contributed by atoms with Crippen LogP contribution >= 0.6 is 11.6 Å². The van der Waals surface area contributed by atoms with Gasteiger partial charge in [0.05, 0.1) is 5.25 Å². The number of benzene rings is 4. The lowest BCUT2D eigenvalue weighted by Crippen LogP contribution is -2.28. The van der Waals surface area contributed by atoms with Gasteiger partial charge in [0.2, 0.25) is 5.91 Å². The Hall–Kier alpha value is -4.43. The van der Waals surface area contributed by atoms with Crippen molar-refractivity contribution in [2.24, 2.45) is 0 Å². The zero-order valence-electron chi connectivity index (χ0n) is 24.4. The van der Waals surface area contributed by atoms with Crippen LogP contribution in [0, 0.1) is 0 Å². The minimum atomic E-state index is -3.37. The Morgan fingerprint density at radius 1 is 0.822 bits per heavy atom. The van der Waals surface area contributed by atoms with Crippen molar-refractivity contribution >= 4 is 39.0 Å². The molecule has 0 fully saturated rings. The van der Waals surface area contributed by atoms with E-state index in [1.807, 2.05) is 36.4 Å². The standard InChI is InChI=1S/C30H23ClO.C7H9NO4S/c31-24-10-14-26(15-11-24)32-25-12-5-20(6-13-25)22-8-16-28-23(19-22)9-18-29-27-4-2-1-3-21(27)7-17-30(28)29;9-7(8-10)5-6-3-1-2-4-13(6,11)12/h1-6,9-15,18-19H,7-8,16-17H2;1-4,6,10H,5H2,(H,8,9). The van der Waals surface area contributed by atoms with Crippen LogP contribution in [0.15, 0.2) is 109 Å². The average Bonchev–Trinajstić information content (AvgIpc) is 3.06. The van der Waals surface area contributed by atoms with E-state index in [1.165, 1.54) is 51.0 Å². The molecular weight excluding hydrogens is 606 g/mol. The third-order valence-electron chi connectivity index (χ3n) is 8.31. The highest BCUT2D eigenvalue weighted by atomic mass is 35.5. The van der Waals surface area contributed by atoms with Gasteiger partial charge in [-0.15, -0.1) is 0 Å². The Kier molecular flexibility index (Phi) is 9.03. The molecule has 0 spiro atoms. The number of allylic oxidation sites excluding steroid dienone is 3. The van der Waals surface area contributed by atoms with E-state index in [0.29, 0.717) is 5.02 Å². The Bertz CT molecular complexity index is 1930. The van der Waals surface area contributed by atoms with Crippen LogP contribution in [0.2, 0.25) is 5.02 Å². The molecule has 1 aliphatic heterocycles. The molecule has 0 aromatic heterocycles. The number of ether oxygens (including phenoxy) is 1. The topological polar surface area (TPSA) is 92.7 Å². The summed E-state index contributed by atoms with van der Waals surface area (Å²) in [6.07, 6.45) is 10.9. The van der Waals surface area contributed by atoms with Crippen LogP contribution in [0.3, 0.4) is 0 Å². The Balaban J connectivity index is 0.000000232. The van der Waals surface area contributed by atoms with Crippen LogP contribution < -0.4 is 10.2 Å². The number of halogens is 1. The van der Waals surface area contributed by atoms with Crippen LogP contribution in [-0.4, -0.2) is 24.8 Å². The normalized spacial score (nSPS) is 17.0. The fourth-order valence-corrected chi connectivity index (χ4v) is 7.36. The van der Waals surface area contributed by atoms with Crippen LogP contribution in [0.25, 0.3) is 22.8 Å². The van der Waals surface area contributed by atoms with Gasteiger partial charge in [0.15, 0.2) is 9.84 Å². The summed E-state index contributed by atoms with van der Waals surface area (Å²) in [7, 11) is -3.37. The molecule has 0 bridgehead atoms. The number of aryl methyl sites for hydroxylation is 1. The van der Waals surface area contributed by atoms with Crippen molar-refractivity contribution in [1.29, 1.82) is 0 Å². The molecule has 228 valence electrons. The van der Waals surface area contributed by atoms with E-state index in [1.54, 1.807) is 17.2 Å². The highest BCUT2D eigenvalue weighted by molar-refractivity contribution is 7.95. The zero-order chi connectivity index (χ0) is 31.4. The van der Waals surface area contributed by atoms with Gasteiger partial charge in [0.25, 0.3) is 0 Å². The number of nitrogens with one attached hydrogen (secondary N) is 1. The molecule has 0 saturated carbocycles. The summed E-state index contributed by atoms with van der Waals surface area (Å²) in [5, 5.41) is 9.08. The predicted octanol–water partition coefficient (Wildman–Crippen LogP) is 8.13. The smallest absolute Gasteiger partial charge is 0.244 e. The van der Waals surface area contributed by atoms with Gasteiger partial charge in [-0.2, -0.15) is 0 Å². The summed E-state index contributed by atoms with van der Waals surface area (Å²) >= 11 is 5.96. The molecule has 0 saturated heterocycles. The average molecular weight is 638 g/mol. The van der Waals surface area contributed by atoms with E-state index in [0.717, 1.165) is 42.6 Å². The molecule has 1 heterocycles. The van der Waals surface area contributed by atoms with E-state index in [4.69, 9.17) is 21.5 Å². The van der Waals surface area contributed by atoms with E-state index in [9.17, 15) is 13.2 Å². The minimum absolute atomic E-state index is 0.264. The summed E-state index contributed by atoms with van der Waals surface area (Å²) in [4.78, 5) is 10.7. The maximum absolute atomic E-state index is 11.2. The highest BCUT2D eigenvalue weighted by Gasteiger charge is 2.25. The summed E-state index contributed by atoms with van der Waals surface area (Å²) in [5.41, 5.74) is 12.9. The number of rotatable bonds is 5. The number of carbonyl (C=O) groups is 1. The Labute approximate surface area is 268 Å². The number of amides is 1. The molecule has 1 atom stereocenters. The van der Waals surface area contributed by atoms with E-state index in [-0.39, 0.29) is 6.42 Å². The number of hydrogen-bond acceptors (Lipinski definition) is 5. The van der Waals surface area contributed by atoms with Gasteiger partial charge in [-0.1, -0.05) is 84.4 Å². The van der Waals surface area contributed by atoms with E-state index in [2.05, 4.69) is 54.6 Å². The van der Waals surface area contributed by atoms with Gasteiger partial charge in [0, 0.05) is 16.9 Å². The molecule has 8 heteroatoms. The molecule has 2 N–H and O–H groups in total. The van der Waals surface area contributed by atoms with Gasteiger partial charge in [-0.3, -0.25) is 10.0 Å². The highest BCUT2D eigenvalue weighted by Crippen LogP contribution is 2.40. The first-order chi connectivity index (χ1) is 21.8. The fraction of sp³-hybridized carbons (Fsp3) is 0.162. The third-order valence-corrected chi connectivity index (χ3v) is 10.3. The molecule has 3 aliphatic rings. The summed E-state index contributed by atoms with van der Waals surface area (Å²) in [5.74, 6) is 0.911. The van der Waals surface area contributed by atoms with Gasteiger partial charge < -0.3 is 4.74 Å². The lowest BCUT2D eigenvalue weighted by molar-refractivity contribution is -0.129. The maximum atomic E-state index is 11.2.